The van der Waals surface area contributed by atoms with Crippen LogP contribution in [0.3, 0.4) is 0 Å². The molecule has 17 heavy (non-hydrogen) atoms. The van der Waals surface area contributed by atoms with Crippen LogP contribution in [0.5, 0.6) is 0 Å². The van der Waals surface area contributed by atoms with Gasteiger partial charge in [-0.25, -0.2) is 4.98 Å². The van der Waals surface area contributed by atoms with Gasteiger partial charge in [-0.05, 0) is 19.9 Å². The van der Waals surface area contributed by atoms with Crippen LogP contribution < -0.4 is 5.32 Å². The molecule has 0 unspecified atom stereocenters. The van der Waals surface area contributed by atoms with Crippen molar-refractivity contribution in [3.05, 3.63) is 29.9 Å². The lowest BCUT2D eigenvalue weighted by Crippen LogP contribution is -2.12. The van der Waals surface area contributed by atoms with Crippen LogP contribution in [0, 0.1) is 0 Å². The molecule has 0 bridgehead atoms. The molecular weight excluding hydrogens is 218 g/mol. The zero-order chi connectivity index (χ0) is 11.7. The summed E-state index contributed by atoms with van der Waals surface area (Å²) >= 11 is 0. The third-order valence-corrected chi connectivity index (χ3v) is 2.87. The number of aromatic nitrogens is 4. The summed E-state index contributed by atoms with van der Waals surface area (Å²) in [7, 11) is 1.90. The van der Waals surface area contributed by atoms with E-state index in [1.165, 1.54) is 12.8 Å². The van der Waals surface area contributed by atoms with E-state index in [2.05, 4.69) is 20.4 Å². The fraction of sp³-hybridized carbons (Fsp3) is 0.545. The van der Waals surface area contributed by atoms with E-state index >= 15 is 0 Å². The Morgan fingerprint density at radius 2 is 2.41 bits per heavy atom. The van der Waals surface area contributed by atoms with Gasteiger partial charge in [0.25, 0.3) is 0 Å². The monoisotopic (exact) mass is 233 g/mol. The van der Waals surface area contributed by atoms with Crippen molar-refractivity contribution in [2.45, 2.75) is 31.8 Å². The second-order valence-corrected chi connectivity index (χ2v) is 4.32. The summed E-state index contributed by atoms with van der Waals surface area (Å²) in [5.74, 6) is 3.02. The van der Waals surface area contributed by atoms with Crippen LogP contribution in [0.4, 0.5) is 0 Å². The number of nitrogens with one attached hydrogen (secondary N) is 1. The number of hydrogen-bond donors (Lipinski definition) is 1. The maximum absolute atomic E-state index is 5.24. The molecule has 2 heterocycles. The maximum Gasteiger partial charge on any atom is 0.246 e. The summed E-state index contributed by atoms with van der Waals surface area (Å²) in [6.07, 6.45) is 6.09. The Bertz CT molecular complexity index is 499. The van der Waals surface area contributed by atoms with Gasteiger partial charge < -0.3 is 14.4 Å². The Balaban J connectivity index is 1.73. The first-order valence-electron chi connectivity index (χ1n) is 5.84. The van der Waals surface area contributed by atoms with Crippen molar-refractivity contribution in [3.63, 3.8) is 0 Å². The first-order chi connectivity index (χ1) is 8.36. The first-order valence-corrected chi connectivity index (χ1v) is 5.84. The fourth-order valence-corrected chi connectivity index (χ4v) is 1.79. The minimum absolute atomic E-state index is 0.534. The van der Waals surface area contributed by atoms with Gasteiger partial charge in [-0.15, -0.1) is 0 Å². The largest absolute Gasteiger partial charge is 0.337 e. The Kier molecular flexibility index (Phi) is 2.64. The molecule has 1 fully saturated rings. The van der Waals surface area contributed by atoms with E-state index in [-0.39, 0.29) is 0 Å². The van der Waals surface area contributed by atoms with Crippen LogP contribution in [0.25, 0.3) is 0 Å². The quantitative estimate of drug-likeness (QED) is 0.831. The highest BCUT2D eigenvalue weighted by molar-refractivity contribution is 5.04. The average Bonchev–Trinajstić information content (AvgIpc) is 2.93. The predicted molar refractivity (Wildman–Crippen MR) is 60.4 cm³/mol. The highest BCUT2D eigenvalue weighted by Gasteiger charge is 2.28. The normalized spacial score (nSPS) is 15.4. The Hall–Kier alpha value is -1.69. The molecule has 0 saturated heterocycles. The van der Waals surface area contributed by atoms with Crippen molar-refractivity contribution in [2.24, 2.45) is 0 Å². The lowest BCUT2D eigenvalue weighted by molar-refractivity contribution is 0.364. The van der Waals surface area contributed by atoms with Gasteiger partial charge in [-0.1, -0.05) is 5.16 Å². The summed E-state index contributed by atoms with van der Waals surface area (Å²) in [5.41, 5.74) is 0. The number of nitrogens with zero attached hydrogens (tertiary/aromatic N) is 4. The van der Waals surface area contributed by atoms with E-state index in [4.69, 9.17) is 4.52 Å². The van der Waals surface area contributed by atoms with Crippen molar-refractivity contribution in [1.29, 1.82) is 0 Å². The van der Waals surface area contributed by atoms with Gasteiger partial charge in [-0.3, -0.25) is 0 Å². The molecule has 0 atom stereocenters. The van der Waals surface area contributed by atoms with Crippen molar-refractivity contribution < 1.29 is 4.52 Å². The molecule has 2 aromatic rings. The molecule has 1 saturated carbocycles. The number of rotatable bonds is 5. The second-order valence-electron chi connectivity index (χ2n) is 4.32. The Morgan fingerprint density at radius 1 is 1.53 bits per heavy atom. The van der Waals surface area contributed by atoms with E-state index in [0.29, 0.717) is 18.4 Å². The zero-order valence-electron chi connectivity index (χ0n) is 9.76. The van der Waals surface area contributed by atoms with Crippen LogP contribution in [-0.4, -0.2) is 26.7 Å². The third-order valence-electron chi connectivity index (χ3n) is 2.87. The molecule has 90 valence electrons. The summed E-state index contributed by atoms with van der Waals surface area (Å²) in [5, 5.41) is 7.08. The van der Waals surface area contributed by atoms with Gasteiger partial charge in [0.2, 0.25) is 5.89 Å². The average molecular weight is 233 g/mol. The highest BCUT2D eigenvalue weighted by atomic mass is 16.5. The molecule has 0 radical (unpaired) electrons. The molecule has 0 amide bonds. The predicted octanol–water partition coefficient (Wildman–Crippen LogP) is 0.911. The van der Waals surface area contributed by atoms with Crippen LogP contribution in [0.15, 0.2) is 16.9 Å². The van der Waals surface area contributed by atoms with E-state index in [9.17, 15) is 0 Å². The molecule has 1 aliphatic rings. The maximum atomic E-state index is 5.24. The van der Waals surface area contributed by atoms with E-state index in [1.807, 2.05) is 17.8 Å². The minimum atomic E-state index is 0.534. The lowest BCUT2D eigenvalue weighted by Gasteiger charge is -2.03. The molecule has 6 heteroatoms. The van der Waals surface area contributed by atoms with Crippen LogP contribution in [0.2, 0.25) is 0 Å². The SMILES string of the molecule is CNCc1nccn1Cc1nc(C2CC2)no1. The first kappa shape index (κ1) is 10.5. The number of hydrogen-bond acceptors (Lipinski definition) is 5. The standard InChI is InChI=1S/C11H15N5O/c1-12-6-9-13-4-5-16(9)7-10-14-11(15-17-10)8-2-3-8/h4-5,8,12H,2-3,6-7H2,1H3. The van der Waals surface area contributed by atoms with Gasteiger partial charge >= 0.3 is 0 Å². The Labute approximate surface area is 99.0 Å². The van der Waals surface area contributed by atoms with Crippen molar-refractivity contribution in [3.8, 4) is 0 Å². The lowest BCUT2D eigenvalue weighted by atomic mass is 10.4. The van der Waals surface area contributed by atoms with Crippen LogP contribution in [0.1, 0.15) is 36.3 Å². The summed E-state index contributed by atoms with van der Waals surface area (Å²) in [6, 6.07) is 0. The van der Waals surface area contributed by atoms with Crippen molar-refractivity contribution in [2.75, 3.05) is 7.05 Å². The molecule has 0 spiro atoms. The summed E-state index contributed by atoms with van der Waals surface area (Å²) < 4.78 is 7.26. The topological polar surface area (TPSA) is 68.8 Å². The molecular formula is C11H15N5O. The van der Waals surface area contributed by atoms with Gasteiger partial charge in [-0.2, -0.15) is 4.98 Å². The van der Waals surface area contributed by atoms with E-state index in [1.54, 1.807) is 6.20 Å². The molecule has 3 rings (SSSR count). The number of imidazole rings is 1. The van der Waals surface area contributed by atoms with Crippen LogP contribution >= 0.6 is 0 Å². The van der Waals surface area contributed by atoms with E-state index in [0.717, 1.165) is 18.2 Å². The molecule has 0 aromatic carbocycles. The van der Waals surface area contributed by atoms with Crippen molar-refractivity contribution >= 4 is 0 Å². The molecule has 2 aromatic heterocycles. The summed E-state index contributed by atoms with van der Waals surface area (Å²) in [4.78, 5) is 8.67. The van der Waals surface area contributed by atoms with Crippen LogP contribution in [-0.2, 0) is 13.1 Å². The molecule has 1 N–H and O–H groups in total. The van der Waals surface area contributed by atoms with E-state index < -0.39 is 0 Å². The van der Waals surface area contributed by atoms with Crippen molar-refractivity contribution in [1.82, 2.24) is 25.0 Å². The smallest absolute Gasteiger partial charge is 0.246 e. The molecule has 0 aliphatic heterocycles. The molecule has 1 aliphatic carbocycles. The minimum Gasteiger partial charge on any atom is -0.337 e. The summed E-state index contributed by atoms with van der Waals surface area (Å²) in [6.45, 7) is 1.33. The zero-order valence-corrected chi connectivity index (χ0v) is 9.76. The molecule has 6 nitrogen and oxygen atoms in total. The van der Waals surface area contributed by atoms with Gasteiger partial charge in [0.15, 0.2) is 5.82 Å². The Morgan fingerprint density at radius 3 is 3.18 bits per heavy atom. The third kappa shape index (κ3) is 2.21. The highest BCUT2D eigenvalue weighted by Crippen LogP contribution is 2.38. The second kappa shape index (κ2) is 4.29. The van der Waals surface area contributed by atoms with Gasteiger partial charge in [0, 0.05) is 18.3 Å². The van der Waals surface area contributed by atoms with Gasteiger partial charge in [0.05, 0.1) is 6.54 Å². The fourth-order valence-electron chi connectivity index (χ4n) is 1.79. The van der Waals surface area contributed by atoms with Gasteiger partial charge in [0.1, 0.15) is 12.4 Å².